The summed E-state index contributed by atoms with van der Waals surface area (Å²) in [5, 5.41) is 4.12. The highest BCUT2D eigenvalue weighted by molar-refractivity contribution is 6.11. The zero-order valence-electron chi connectivity index (χ0n) is 17.2. The number of carbonyl (C=O) groups excluding carboxylic acids is 1. The molecule has 0 unspecified atom stereocenters. The van der Waals surface area contributed by atoms with Crippen molar-refractivity contribution in [2.24, 2.45) is 0 Å². The van der Waals surface area contributed by atoms with Gasteiger partial charge in [-0.3, -0.25) is 4.57 Å². The van der Waals surface area contributed by atoms with Crippen LogP contribution in [0.1, 0.15) is 5.56 Å². The third-order valence-electron chi connectivity index (χ3n) is 5.49. The summed E-state index contributed by atoms with van der Waals surface area (Å²) in [5.74, 6) is 0. The first kappa shape index (κ1) is 18.9. The van der Waals surface area contributed by atoms with Gasteiger partial charge < -0.3 is 5.32 Å². The zero-order chi connectivity index (χ0) is 21.2. The minimum absolute atomic E-state index is 0.180. The Morgan fingerprint density at radius 3 is 1.94 bits per heavy atom. The molecule has 3 nitrogen and oxygen atoms in total. The predicted molar refractivity (Wildman–Crippen MR) is 128 cm³/mol. The Morgan fingerprint density at radius 2 is 1.26 bits per heavy atom. The maximum absolute atomic E-state index is 13.6. The summed E-state index contributed by atoms with van der Waals surface area (Å²) in [6.07, 6.45) is 0. The van der Waals surface area contributed by atoms with Crippen molar-refractivity contribution in [2.45, 2.75) is 6.92 Å². The van der Waals surface area contributed by atoms with Crippen LogP contribution in [-0.4, -0.2) is 10.6 Å². The second kappa shape index (κ2) is 7.96. The molecule has 150 valence electrons. The van der Waals surface area contributed by atoms with Crippen LogP contribution >= 0.6 is 0 Å². The van der Waals surface area contributed by atoms with Gasteiger partial charge in [-0.1, -0.05) is 96.6 Å². The van der Waals surface area contributed by atoms with Gasteiger partial charge in [-0.05, 0) is 36.2 Å². The number of anilines is 1. The molecule has 3 heteroatoms. The molecule has 0 aliphatic carbocycles. The number of fused-ring (bicyclic) bond motifs is 1. The molecule has 0 saturated carbocycles. The van der Waals surface area contributed by atoms with Crippen LogP contribution in [0.25, 0.3) is 33.3 Å². The van der Waals surface area contributed by atoms with Gasteiger partial charge in [0.25, 0.3) is 0 Å². The highest BCUT2D eigenvalue weighted by Gasteiger charge is 2.23. The van der Waals surface area contributed by atoms with Gasteiger partial charge >= 0.3 is 6.03 Å². The average Bonchev–Trinajstić information content (AvgIpc) is 3.17. The molecule has 0 aliphatic rings. The van der Waals surface area contributed by atoms with Gasteiger partial charge in [0.2, 0.25) is 0 Å². The van der Waals surface area contributed by atoms with Crippen molar-refractivity contribution in [3.05, 3.63) is 115 Å². The molecule has 31 heavy (non-hydrogen) atoms. The zero-order valence-corrected chi connectivity index (χ0v) is 17.2. The highest BCUT2D eigenvalue weighted by atomic mass is 16.2. The van der Waals surface area contributed by atoms with Gasteiger partial charge in [0.15, 0.2) is 0 Å². The van der Waals surface area contributed by atoms with Crippen molar-refractivity contribution >= 4 is 22.6 Å². The Kier molecular flexibility index (Phi) is 4.85. The monoisotopic (exact) mass is 402 g/mol. The third kappa shape index (κ3) is 3.51. The highest BCUT2D eigenvalue weighted by Crippen LogP contribution is 2.40. The summed E-state index contributed by atoms with van der Waals surface area (Å²) in [6, 6.07) is 36.1. The number of para-hydroxylation sites is 1. The summed E-state index contributed by atoms with van der Waals surface area (Å²) in [4.78, 5) is 13.6. The number of amides is 1. The molecule has 5 aromatic rings. The average molecular weight is 402 g/mol. The van der Waals surface area contributed by atoms with E-state index in [1.54, 1.807) is 4.57 Å². The Hall–Kier alpha value is -4.11. The summed E-state index contributed by atoms with van der Waals surface area (Å²) in [5.41, 5.74) is 6.83. The third-order valence-corrected chi connectivity index (χ3v) is 5.49. The fourth-order valence-corrected chi connectivity index (χ4v) is 4.03. The van der Waals surface area contributed by atoms with E-state index in [2.05, 4.69) is 35.6 Å². The van der Waals surface area contributed by atoms with Crippen LogP contribution in [0.5, 0.6) is 0 Å². The van der Waals surface area contributed by atoms with E-state index >= 15 is 0 Å². The SMILES string of the molecule is Cc1ccc(NC(=O)n2c(-c3ccccc3)c(-c3ccccc3)c3ccccc32)cc1. The van der Waals surface area contributed by atoms with E-state index in [1.165, 1.54) is 0 Å². The van der Waals surface area contributed by atoms with Crippen molar-refractivity contribution in [2.75, 3.05) is 5.32 Å². The van der Waals surface area contributed by atoms with Gasteiger partial charge in [0.05, 0.1) is 11.2 Å². The number of hydrogen-bond acceptors (Lipinski definition) is 1. The first-order chi connectivity index (χ1) is 15.2. The predicted octanol–water partition coefficient (Wildman–Crippen LogP) is 7.36. The largest absolute Gasteiger partial charge is 0.331 e. The molecular weight excluding hydrogens is 380 g/mol. The summed E-state index contributed by atoms with van der Waals surface area (Å²) in [7, 11) is 0. The van der Waals surface area contributed by atoms with Gasteiger partial charge in [-0.2, -0.15) is 0 Å². The number of rotatable bonds is 3. The number of carbonyl (C=O) groups is 1. The van der Waals surface area contributed by atoms with Crippen LogP contribution in [0.4, 0.5) is 10.5 Å². The molecule has 0 radical (unpaired) electrons. The minimum atomic E-state index is -0.180. The maximum atomic E-state index is 13.6. The molecule has 1 heterocycles. The molecule has 0 fully saturated rings. The Bertz CT molecular complexity index is 1350. The molecular formula is C28H22N2O. The lowest BCUT2D eigenvalue weighted by atomic mass is 9.98. The summed E-state index contributed by atoms with van der Waals surface area (Å²) < 4.78 is 1.80. The van der Waals surface area contributed by atoms with E-state index in [9.17, 15) is 4.79 Å². The molecule has 0 atom stereocenters. The maximum Gasteiger partial charge on any atom is 0.331 e. The number of hydrogen-bond donors (Lipinski definition) is 1. The minimum Gasteiger partial charge on any atom is -0.307 e. The summed E-state index contributed by atoms with van der Waals surface area (Å²) in [6.45, 7) is 2.03. The van der Waals surface area contributed by atoms with E-state index in [1.807, 2.05) is 85.8 Å². The van der Waals surface area contributed by atoms with Crippen molar-refractivity contribution in [1.82, 2.24) is 4.57 Å². The Morgan fingerprint density at radius 1 is 0.677 bits per heavy atom. The number of aromatic nitrogens is 1. The smallest absolute Gasteiger partial charge is 0.307 e. The van der Waals surface area contributed by atoms with Crippen LogP contribution in [0.15, 0.2) is 109 Å². The summed E-state index contributed by atoms with van der Waals surface area (Å²) >= 11 is 0. The van der Waals surface area contributed by atoms with E-state index in [0.717, 1.165) is 44.5 Å². The molecule has 1 amide bonds. The second-order valence-corrected chi connectivity index (χ2v) is 7.60. The lowest BCUT2D eigenvalue weighted by molar-refractivity contribution is 0.254. The van der Waals surface area contributed by atoms with E-state index in [-0.39, 0.29) is 6.03 Å². The van der Waals surface area contributed by atoms with Gasteiger partial charge in [-0.15, -0.1) is 0 Å². The molecule has 0 bridgehead atoms. The topological polar surface area (TPSA) is 34.0 Å². The van der Waals surface area contributed by atoms with Crippen LogP contribution in [0.3, 0.4) is 0 Å². The van der Waals surface area contributed by atoms with Crippen LogP contribution in [0, 0.1) is 6.92 Å². The van der Waals surface area contributed by atoms with Crippen LogP contribution in [-0.2, 0) is 0 Å². The van der Waals surface area contributed by atoms with Crippen molar-refractivity contribution in [3.8, 4) is 22.4 Å². The second-order valence-electron chi connectivity index (χ2n) is 7.60. The molecule has 5 rings (SSSR count). The van der Waals surface area contributed by atoms with Crippen molar-refractivity contribution < 1.29 is 4.79 Å². The fourth-order valence-electron chi connectivity index (χ4n) is 4.03. The lowest BCUT2D eigenvalue weighted by Gasteiger charge is -2.13. The van der Waals surface area contributed by atoms with E-state index < -0.39 is 0 Å². The lowest BCUT2D eigenvalue weighted by Crippen LogP contribution is -2.20. The number of nitrogens with one attached hydrogen (secondary N) is 1. The Balaban J connectivity index is 1.77. The Labute approximate surface area is 181 Å². The molecule has 0 spiro atoms. The van der Waals surface area contributed by atoms with Gasteiger partial charge in [0, 0.05) is 16.6 Å². The molecule has 0 saturated heterocycles. The number of nitrogens with zero attached hydrogens (tertiary/aromatic N) is 1. The van der Waals surface area contributed by atoms with Gasteiger partial charge in [-0.25, -0.2) is 4.79 Å². The first-order valence-electron chi connectivity index (χ1n) is 10.3. The van der Waals surface area contributed by atoms with E-state index in [0.29, 0.717) is 0 Å². The molecule has 1 N–H and O–H groups in total. The molecule has 1 aromatic heterocycles. The van der Waals surface area contributed by atoms with Crippen LogP contribution in [0.2, 0.25) is 0 Å². The normalized spacial score (nSPS) is 10.9. The van der Waals surface area contributed by atoms with Gasteiger partial charge in [0.1, 0.15) is 0 Å². The molecule has 0 aliphatic heterocycles. The van der Waals surface area contributed by atoms with E-state index in [4.69, 9.17) is 0 Å². The number of aryl methyl sites for hydroxylation is 1. The standard InChI is InChI=1S/C28H22N2O/c1-20-16-18-23(19-17-20)29-28(31)30-25-15-9-8-14-24(25)26(21-10-4-2-5-11-21)27(30)22-12-6-3-7-13-22/h2-19H,1H3,(H,29,31). The number of benzene rings is 4. The molecule has 4 aromatic carbocycles. The van der Waals surface area contributed by atoms with Crippen molar-refractivity contribution in [1.29, 1.82) is 0 Å². The fraction of sp³-hybridized carbons (Fsp3) is 0.0357. The van der Waals surface area contributed by atoms with Crippen molar-refractivity contribution in [3.63, 3.8) is 0 Å². The van der Waals surface area contributed by atoms with Crippen LogP contribution < -0.4 is 5.32 Å². The first-order valence-corrected chi connectivity index (χ1v) is 10.3. The quantitative estimate of drug-likeness (QED) is 0.336.